The SMILES string of the molecule is COC(=O)c1ccc(-n2cccc2[C@@H]2[C@H](c3ccccn3)NC(=S)N2c2ccc(C)cc2)cc1. The Labute approximate surface area is 203 Å². The van der Waals surface area contributed by atoms with Gasteiger partial charge in [-0.15, -0.1) is 0 Å². The molecule has 0 unspecified atom stereocenters. The van der Waals surface area contributed by atoms with Gasteiger partial charge in [0, 0.05) is 29.5 Å². The predicted octanol–water partition coefficient (Wildman–Crippen LogP) is 5.14. The molecule has 0 bridgehead atoms. The van der Waals surface area contributed by atoms with Gasteiger partial charge in [-0.1, -0.05) is 23.8 Å². The van der Waals surface area contributed by atoms with Gasteiger partial charge < -0.3 is 19.5 Å². The van der Waals surface area contributed by atoms with E-state index in [9.17, 15) is 4.79 Å². The quantitative estimate of drug-likeness (QED) is 0.323. The van der Waals surface area contributed by atoms with Crippen LogP contribution in [-0.2, 0) is 4.74 Å². The Morgan fingerprint density at radius 1 is 0.971 bits per heavy atom. The fourth-order valence-electron chi connectivity index (χ4n) is 4.39. The third kappa shape index (κ3) is 3.95. The summed E-state index contributed by atoms with van der Waals surface area (Å²) >= 11 is 5.83. The van der Waals surface area contributed by atoms with Gasteiger partial charge in [0.2, 0.25) is 0 Å². The number of methoxy groups -OCH3 is 1. The molecule has 1 N–H and O–H groups in total. The van der Waals surface area contributed by atoms with Crippen LogP contribution >= 0.6 is 12.2 Å². The van der Waals surface area contributed by atoms with Gasteiger partial charge in [-0.25, -0.2) is 4.79 Å². The Morgan fingerprint density at radius 3 is 2.38 bits per heavy atom. The molecule has 5 rings (SSSR count). The highest BCUT2D eigenvalue weighted by atomic mass is 32.1. The molecule has 2 atom stereocenters. The molecule has 0 aliphatic carbocycles. The number of ether oxygens (including phenoxy) is 1. The number of benzene rings is 2. The van der Waals surface area contributed by atoms with Crippen molar-refractivity contribution in [1.82, 2.24) is 14.9 Å². The van der Waals surface area contributed by atoms with E-state index < -0.39 is 0 Å². The first-order chi connectivity index (χ1) is 16.6. The molecule has 34 heavy (non-hydrogen) atoms. The molecule has 0 spiro atoms. The van der Waals surface area contributed by atoms with Crippen LogP contribution in [0.15, 0.2) is 91.3 Å². The van der Waals surface area contributed by atoms with Crippen molar-refractivity contribution < 1.29 is 9.53 Å². The van der Waals surface area contributed by atoms with Crippen LogP contribution in [0.3, 0.4) is 0 Å². The minimum Gasteiger partial charge on any atom is -0.465 e. The molecule has 4 aromatic rings. The van der Waals surface area contributed by atoms with Crippen LogP contribution in [0.1, 0.15) is 39.4 Å². The number of thiocarbonyl (C=S) groups is 1. The number of esters is 1. The van der Waals surface area contributed by atoms with Gasteiger partial charge in [0.1, 0.15) is 6.04 Å². The maximum Gasteiger partial charge on any atom is 0.337 e. The number of nitrogens with one attached hydrogen (secondary N) is 1. The fraction of sp³-hybridized carbons (Fsp3) is 0.148. The lowest BCUT2D eigenvalue weighted by atomic mass is 10.0. The molecular formula is C27H24N4O2S. The number of carbonyl (C=O) groups excluding carboxylic acids is 1. The second-order valence-electron chi connectivity index (χ2n) is 8.17. The zero-order valence-electron chi connectivity index (χ0n) is 18.9. The Balaban J connectivity index is 1.61. The first-order valence-electron chi connectivity index (χ1n) is 11.0. The summed E-state index contributed by atoms with van der Waals surface area (Å²) in [5.74, 6) is -0.356. The molecule has 1 aliphatic heterocycles. The van der Waals surface area contributed by atoms with E-state index in [0.717, 1.165) is 22.8 Å². The number of rotatable bonds is 5. The van der Waals surface area contributed by atoms with E-state index in [4.69, 9.17) is 17.0 Å². The maximum absolute atomic E-state index is 11.9. The summed E-state index contributed by atoms with van der Waals surface area (Å²) in [5.41, 5.74) is 5.62. The van der Waals surface area contributed by atoms with Crippen molar-refractivity contribution >= 4 is 29.0 Å². The average Bonchev–Trinajstić information content (AvgIpc) is 3.49. The van der Waals surface area contributed by atoms with Gasteiger partial charge in [0.15, 0.2) is 5.11 Å². The normalized spacial score (nSPS) is 17.5. The molecule has 1 aliphatic rings. The number of anilines is 1. The zero-order chi connectivity index (χ0) is 23.7. The van der Waals surface area contributed by atoms with Crippen molar-refractivity contribution in [3.05, 3.63) is 114 Å². The number of pyridine rings is 1. The summed E-state index contributed by atoms with van der Waals surface area (Å²) in [6, 6.07) is 25.5. The van der Waals surface area contributed by atoms with Crippen molar-refractivity contribution in [3.63, 3.8) is 0 Å². The second kappa shape index (κ2) is 9.11. The topological polar surface area (TPSA) is 59.4 Å². The number of carbonyl (C=O) groups is 1. The fourth-order valence-corrected chi connectivity index (χ4v) is 4.73. The number of aromatic nitrogens is 2. The molecule has 1 fully saturated rings. The summed E-state index contributed by atoms with van der Waals surface area (Å²) in [6.45, 7) is 2.07. The number of aryl methyl sites for hydroxylation is 1. The van der Waals surface area contributed by atoms with Gasteiger partial charge in [-0.05, 0) is 79.8 Å². The molecule has 0 amide bonds. The van der Waals surface area contributed by atoms with Crippen molar-refractivity contribution in [3.8, 4) is 5.69 Å². The molecule has 3 heterocycles. The predicted molar refractivity (Wildman–Crippen MR) is 136 cm³/mol. The minimum atomic E-state index is -0.356. The Hall–Kier alpha value is -3.97. The van der Waals surface area contributed by atoms with Crippen LogP contribution in [0, 0.1) is 6.92 Å². The van der Waals surface area contributed by atoms with Crippen molar-refractivity contribution in [2.24, 2.45) is 0 Å². The number of hydrogen-bond acceptors (Lipinski definition) is 4. The monoisotopic (exact) mass is 468 g/mol. The largest absolute Gasteiger partial charge is 0.465 e. The molecule has 1 saturated heterocycles. The molecule has 0 radical (unpaired) electrons. The summed E-state index contributed by atoms with van der Waals surface area (Å²) in [5, 5.41) is 4.15. The average molecular weight is 469 g/mol. The Morgan fingerprint density at radius 2 is 1.71 bits per heavy atom. The lowest BCUT2D eigenvalue weighted by Gasteiger charge is -2.29. The van der Waals surface area contributed by atoms with Crippen molar-refractivity contribution in [1.29, 1.82) is 0 Å². The van der Waals surface area contributed by atoms with Crippen LogP contribution in [0.2, 0.25) is 0 Å². The van der Waals surface area contributed by atoms with Crippen LogP contribution in [0.5, 0.6) is 0 Å². The molecule has 6 nitrogen and oxygen atoms in total. The highest BCUT2D eigenvalue weighted by Gasteiger charge is 2.42. The lowest BCUT2D eigenvalue weighted by Crippen LogP contribution is -2.30. The third-order valence-corrected chi connectivity index (χ3v) is 6.37. The Bertz CT molecular complexity index is 1320. The Kier molecular flexibility index (Phi) is 5.86. The van der Waals surface area contributed by atoms with Gasteiger partial charge in [0.05, 0.1) is 24.4 Å². The molecular weight excluding hydrogens is 444 g/mol. The highest BCUT2D eigenvalue weighted by molar-refractivity contribution is 7.80. The van der Waals surface area contributed by atoms with Crippen LogP contribution in [-0.4, -0.2) is 27.7 Å². The summed E-state index contributed by atoms with van der Waals surface area (Å²) in [7, 11) is 1.38. The number of hydrogen-bond donors (Lipinski definition) is 1. The van der Waals surface area contributed by atoms with E-state index in [1.165, 1.54) is 12.7 Å². The van der Waals surface area contributed by atoms with Gasteiger partial charge in [-0.3, -0.25) is 4.98 Å². The van der Waals surface area contributed by atoms with E-state index in [0.29, 0.717) is 10.7 Å². The maximum atomic E-state index is 11.9. The summed E-state index contributed by atoms with van der Waals surface area (Å²) < 4.78 is 6.96. The van der Waals surface area contributed by atoms with Crippen LogP contribution in [0.25, 0.3) is 5.69 Å². The molecule has 170 valence electrons. The van der Waals surface area contributed by atoms with E-state index in [1.807, 2.05) is 42.6 Å². The van der Waals surface area contributed by atoms with Gasteiger partial charge >= 0.3 is 5.97 Å². The van der Waals surface area contributed by atoms with Gasteiger partial charge in [-0.2, -0.15) is 0 Å². The standard InChI is InChI=1S/C27H24N4O2S/c1-18-8-12-21(13-9-18)31-25(24(29-27(31)34)22-6-3-4-16-28-22)23-7-5-17-30(23)20-14-10-19(11-15-20)26(32)33-2/h3-17,24-25H,1-2H3,(H,29,34)/t24-,25+/m0/s1. The number of nitrogens with zero attached hydrogens (tertiary/aromatic N) is 3. The smallest absolute Gasteiger partial charge is 0.337 e. The van der Waals surface area contributed by atoms with Crippen LogP contribution in [0.4, 0.5) is 5.69 Å². The van der Waals surface area contributed by atoms with Crippen LogP contribution < -0.4 is 10.2 Å². The van der Waals surface area contributed by atoms with E-state index in [2.05, 4.69) is 57.0 Å². The summed E-state index contributed by atoms with van der Waals surface area (Å²) in [4.78, 5) is 18.7. The van der Waals surface area contributed by atoms with Crippen molar-refractivity contribution in [2.45, 2.75) is 19.0 Å². The first kappa shape index (κ1) is 21.9. The lowest BCUT2D eigenvalue weighted by molar-refractivity contribution is 0.0600. The van der Waals surface area contributed by atoms with E-state index in [-0.39, 0.29) is 18.1 Å². The molecule has 2 aromatic heterocycles. The van der Waals surface area contributed by atoms with E-state index in [1.54, 1.807) is 18.3 Å². The van der Waals surface area contributed by atoms with Crippen molar-refractivity contribution in [2.75, 3.05) is 12.0 Å². The van der Waals surface area contributed by atoms with E-state index >= 15 is 0 Å². The first-order valence-corrected chi connectivity index (χ1v) is 11.4. The molecule has 0 saturated carbocycles. The third-order valence-electron chi connectivity index (χ3n) is 6.06. The zero-order valence-corrected chi connectivity index (χ0v) is 19.7. The second-order valence-corrected chi connectivity index (χ2v) is 8.56. The molecule has 2 aromatic carbocycles. The highest BCUT2D eigenvalue weighted by Crippen LogP contribution is 2.42. The minimum absolute atomic E-state index is 0.139. The van der Waals surface area contributed by atoms with Gasteiger partial charge in [0.25, 0.3) is 0 Å². The molecule has 7 heteroatoms. The summed E-state index contributed by atoms with van der Waals surface area (Å²) in [6.07, 6.45) is 3.82.